The van der Waals surface area contributed by atoms with Crippen LogP contribution in [0.25, 0.3) is 0 Å². The number of hydrogen-bond acceptors (Lipinski definition) is 0. The summed E-state index contributed by atoms with van der Waals surface area (Å²) < 4.78 is -0.160. The van der Waals surface area contributed by atoms with Gasteiger partial charge in [0.1, 0.15) is 0 Å². The number of allylic oxidation sites excluding steroid dienone is 4. The molecule has 0 nitrogen and oxygen atoms in total. The molecule has 0 N–H and O–H groups in total. The van der Waals surface area contributed by atoms with Crippen LogP contribution in [0.3, 0.4) is 0 Å². The third-order valence-corrected chi connectivity index (χ3v) is 9.13. The summed E-state index contributed by atoms with van der Waals surface area (Å²) in [6.07, 6.45) is 7.41. The van der Waals surface area contributed by atoms with Gasteiger partial charge in [-0.25, -0.2) is 0 Å². The molecule has 0 heterocycles. The summed E-state index contributed by atoms with van der Waals surface area (Å²) in [5, 5.41) is 1.53. The molecular weight excluding hydrogens is 507 g/mol. The van der Waals surface area contributed by atoms with Crippen molar-refractivity contribution >= 4 is 8.07 Å². The average Bonchev–Trinajstić information content (AvgIpc) is 3.15. The molecule has 0 amide bonds. The Kier molecular flexibility index (Phi) is 10.3. The summed E-state index contributed by atoms with van der Waals surface area (Å²) in [5.74, 6) is 0. The Morgan fingerprint density at radius 1 is 0.625 bits per heavy atom. The molecule has 0 saturated heterocycles. The second-order valence-corrected chi connectivity index (χ2v) is 15.3. The van der Waals surface area contributed by atoms with E-state index in [-0.39, 0.29) is 46.4 Å². The summed E-state index contributed by atoms with van der Waals surface area (Å²) in [6, 6.07) is 33.1. The molecule has 4 rings (SSSR count). The van der Waals surface area contributed by atoms with E-state index in [1.54, 1.807) is 0 Å². The topological polar surface area (TPSA) is 0 Å². The van der Waals surface area contributed by atoms with Gasteiger partial charge in [-0.1, -0.05) is 0 Å². The number of halogens is 3. The van der Waals surface area contributed by atoms with Crippen LogP contribution < -0.4 is 37.2 Å². The van der Waals surface area contributed by atoms with Gasteiger partial charge in [0.05, 0.1) is 0 Å². The first-order chi connectivity index (χ1) is 13.9. The van der Waals surface area contributed by atoms with Crippen molar-refractivity contribution in [3.05, 3.63) is 131 Å². The molecule has 0 aliphatic heterocycles. The van der Waals surface area contributed by atoms with Crippen molar-refractivity contribution in [1.29, 1.82) is 0 Å². The Hall–Kier alpha value is -1.06. The Balaban J connectivity index is 0.00000171. The first-order valence-electron chi connectivity index (χ1n) is 10.2. The molecule has 1 aliphatic rings. The van der Waals surface area contributed by atoms with Gasteiger partial charge in [-0.15, -0.1) is 0 Å². The summed E-state index contributed by atoms with van der Waals surface area (Å²) >= 11 is 2.41. The summed E-state index contributed by atoms with van der Waals surface area (Å²) in [4.78, 5) is 0. The molecule has 1 unspecified atom stereocenters. The van der Waals surface area contributed by atoms with Gasteiger partial charge in [-0.05, 0) is 0 Å². The van der Waals surface area contributed by atoms with E-state index in [1.807, 2.05) is 0 Å². The van der Waals surface area contributed by atoms with Gasteiger partial charge in [0.2, 0.25) is 0 Å². The molecule has 164 valence electrons. The molecule has 3 aromatic rings. The van der Waals surface area contributed by atoms with Gasteiger partial charge in [0.15, 0.2) is 0 Å². The molecule has 0 aromatic heterocycles. The van der Waals surface area contributed by atoms with E-state index in [2.05, 4.69) is 149 Å². The zero-order chi connectivity index (χ0) is 20.5. The molecule has 0 bridgehead atoms. The Morgan fingerprint density at radius 3 is 1.25 bits per heavy atom. The van der Waals surface area contributed by atoms with Crippen molar-refractivity contribution in [3.63, 3.8) is 0 Å². The Labute approximate surface area is 224 Å². The van der Waals surface area contributed by atoms with Gasteiger partial charge < -0.3 is 37.2 Å². The van der Waals surface area contributed by atoms with Crippen molar-refractivity contribution in [2.24, 2.45) is 0 Å². The molecule has 3 aromatic carbocycles. The standard InChI is InChI=1S/C27H27Si.3ClH.Ti/c1-28(2,3)26-20-19-25(21-26)27(22-13-7-4-8-14-22,23-15-9-5-10-16-23)24-17-11-6-12-18-24;;;;/h4-21H,1-3H3;3*1H;/q;;;;+3/p-3. The molecular formula is C27H27Cl3SiTi. The Morgan fingerprint density at radius 2 is 0.969 bits per heavy atom. The molecule has 32 heavy (non-hydrogen) atoms. The summed E-state index contributed by atoms with van der Waals surface area (Å²) in [6.45, 7) is 7.30. The fourth-order valence-corrected chi connectivity index (χ4v) is 7.06. The first-order valence-corrected chi connectivity index (χ1v) is 14.5. The number of benzene rings is 3. The van der Waals surface area contributed by atoms with Crippen LogP contribution in [0.1, 0.15) is 16.7 Å². The monoisotopic (exact) mass is 532 g/mol. The fraction of sp³-hybridized carbons (Fsp3) is 0.185. The van der Waals surface area contributed by atoms with Gasteiger partial charge in [0.25, 0.3) is 0 Å². The quantitative estimate of drug-likeness (QED) is 0.266. The van der Waals surface area contributed by atoms with Crippen LogP contribution in [0.5, 0.6) is 0 Å². The van der Waals surface area contributed by atoms with E-state index in [0.717, 1.165) is 0 Å². The first kappa shape index (κ1) is 29.0. The van der Waals surface area contributed by atoms with Gasteiger partial charge in [-0.3, -0.25) is 0 Å². The van der Waals surface area contributed by atoms with Crippen LogP contribution in [-0.4, -0.2) is 8.07 Å². The predicted molar refractivity (Wildman–Crippen MR) is 122 cm³/mol. The molecule has 1 aliphatic carbocycles. The zero-order valence-electron chi connectivity index (χ0n) is 18.5. The van der Waals surface area contributed by atoms with Crippen molar-refractivity contribution in [2.75, 3.05) is 0 Å². The molecule has 0 radical (unpaired) electrons. The minimum absolute atomic E-state index is 0. The molecule has 5 heteroatoms. The van der Waals surface area contributed by atoms with Crippen molar-refractivity contribution < 1.29 is 57.7 Å². The molecule has 0 spiro atoms. The molecule has 0 fully saturated rings. The molecule has 0 saturated carbocycles. The summed E-state index contributed by atoms with van der Waals surface area (Å²) in [7, 11) is -1.42. The minimum atomic E-state index is -1.42. The van der Waals surface area contributed by atoms with Crippen molar-refractivity contribution in [1.82, 2.24) is 0 Å². The van der Waals surface area contributed by atoms with E-state index in [1.165, 1.54) is 21.9 Å². The normalized spacial score (nSPS) is 17.5. The van der Waals surface area contributed by atoms with E-state index in [4.69, 9.17) is 0 Å². The van der Waals surface area contributed by atoms with E-state index < -0.39 is 8.07 Å². The van der Waals surface area contributed by atoms with Gasteiger partial charge in [-0.2, -0.15) is 0 Å². The van der Waals surface area contributed by atoms with Crippen LogP contribution in [0.4, 0.5) is 0 Å². The smallest absolute Gasteiger partial charge is 1.00 e. The Bertz CT molecular complexity index is 948. The predicted octanol–water partition coefficient (Wildman–Crippen LogP) is -1.89. The van der Waals surface area contributed by atoms with Gasteiger partial charge >= 0.3 is 188 Å². The van der Waals surface area contributed by atoms with Crippen LogP contribution in [0, 0.1) is 0 Å². The second-order valence-electron chi connectivity index (χ2n) is 8.90. The number of hydrogen-bond donors (Lipinski definition) is 0. The third kappa shape index (κ3) is 5.04. The maximum Gasteiger partial charge on any atom is -1.00 e. The second kappa shape index (κ2) is 11.4. The van der Waals surface area contributed by atoms with E-state index in [0.29, 0.717) is 0 Å². The average molecular weight is 534 g/mol. The van der Waals surface area contributed by atoms with Crippen LogP contribution in [0.2, 0.25) is 23.4 Å². The van der Waals surface area contributed by atoms with E-state index in [9.17, 15) is 0 Å². The van der Waals surface area contributed by atoms with E-state index >= 15 is 0 Å². The van der Waals surface area contributed by atoms with Crippen molar-refractivity contribution in [3.8, 4) is 0 Å². The third-order valence-electron chi connectivity index (χ3n) is 6.02. The van der Waals surface area contributed by atoms with Crippen LogP contribution in [0.15, 0.2) is 114 Å². The van der Waals surface area contributed by atoms with Crippen molar-refractivity contribution in [2.45, 2.75) is 28.8 Å². The van der Waals surface area contributed by atoms with Crippen LogP contribution in [-0.2, 0) is 25.9 Å². The summed E-state index contributed by atoms with van der Waals surface area (Å²) in [5.41, 5.74) is 3.70. The maximum absolute atomic E-state index is 2.56. The van der Waals surface area contributed by atoms with Crippen LogP contribution >= 0.6 is 0 Å². The zero-order valence-corrected chi connectivity index (χ0v) is 23.4. The van der Waals surface area contributed by atoms with Gasteiger partial charge in [0, 0.05) is 0 Å². The fourth-order valence-electron chi connectivity index (χ4n) is 4.54. The number of rotatable bonds is 5. The SMILES string of the molecule is C[Si](C)(C)C1=C[C]([Ti+3])(C(c2ccccc2)(c2ccccc2)c2ccccc2)C=C1.[Cl-].[Cl-].[Cl-]. The maximum atomic E-state index is 2.56. The molecule has 1 atom stereocenters. The minimum Gasteiger partial charge on any atom is -1.00 e. The largest absolute Gasteiger partial charge is 1.00 e.